The SMILES string of the molecule is CC(O)c1cn2nccc(-c3cn(C)nc3-c3ccc(F)cc3)c2n1. The van der Waals surface area contributed by atoms with Crippen molar-refractivity contribution in [2.75, 3.05) is 0 Å². The minimum absolute atomic E-state index is 0.289. The molecule has 25 heavy (non-hydrogen) atoms. The van der Waals surface area contributed by atoms with E-state index < -0.39 is 6.10 Å². The first kappa shape index (κ1) is 15.5. The lowest BCUT2D eigenvalue weighted by atomic mass is 10.0. The first-order valence-corrected chi connectivity index (χ1v) is 7.85. The number of aryl methyl sites for hydroxylation is 1. The second-order valence-corrected chi connectivity index (χ2v) is 5.93. The summed E-state index contributed by atoms with van der Waals surface area (Å²) in [5.74, 6) is -0.289. The minimum Gasteiger partial charge on any atom is -0.387 e. The van der Waals surface area contributed by atoms with E-state index in [1.54, 1.807) is 40.6 Å². The zero-order chi connectivity index (χ0) is 17.6. The van der Waals surface area contributed by atoms with Gasteiger partial charge in [0.05, 0.1) is 18.0 Å². The Bertz CT molecular complexity index is 1050. The Hall–Kier alpha value is -3.06. The second kappa shape index (κ2) is 5.78. The molecule has 1 aromatic carbocycles. The summed E-state index contributed by atoms with van der Waals surface area (Å²) in [5.41, 5.74) is 4.44. The molecular formula is C18H16FN5O. The van der Waals surface area contributed by atoms with Gasteiger partial charge in [0, 0.05) is 36.1 Å². The van der Waals surface area contributed by atoms with Crippen LogP contribution in [0.2, 0.25) is 0 Å². The number of halogens is 1. The van der Waals surface area contributed by atoms with Crippen molar-refractivity contribution < 1.29 is 9.50 Å². The molecule has 0 amide bonds. The quantitative estimate of drug-likeness (QED) is 0.624. The number of aromatic nitrogens is 5. The zero-order valence-corrected chi connectivity index (χ0v) is 13.8. The number of hydrogen-bond acceptors (Lipinski definition) is 4. The maximum atomic E-state index is 13.2. The molecule has 0 saturated heterocycles. The summed E-state index contributed by atoms with van der Waals surface area (Å²) < 4.78 is 16.6. The lowest BCUT2D eigenvalue weighted by Crippen LogP contribution is -1.92. The van der Waals surface area contributed by atoms with Gasteiger partial charge >= 0.3 is 0 Å². The van der Waals surface area contributed by atoms with Gasteiger partial charge in [0.1, 0.15) is 11.5 Å². The third-order valence-corrected chi connectivity index (χ3v) is 4.04. The average molecular weight is 337 g/mol. The topological polar surface area (TPSA) is 68.2 Å². The highest BCUT2D eigenvalue weighted by Crippen LogP contribution is 2.33. The summed E-state index contributed by atoms with van der Waals surface area (Å²) in [7, 11) is 1.84. The minimum atomic E-state index is -0.681. The molecular weight excluding hydrogens is 321 g/mol. The number of fused-ring (bicyclic) bond motifs is 1. The predicted molar refractivity (Wildman–Crippen MR) is 91.2 cm³/mol. The van der Waals surface area contributed by atoms with Crippen molar-refractivity contribution in [2.24, 2.45) is 7.05 Å². The molecule has 6 nitrogen and oxygen atoms in total. The Labute approximate surface area is 143 Å². The smallest absolute Gasteiger partial charge is 0.161 e. The van der Waals surface area contributed by atoms with E-state index >= 15 is 0 Å². The number of rotatable bonds is 3. The van der Waals surface area contributed by atoms with E-state index in [9.17, 15) is 9.50 Å². The van der Waals surface area contributed by atoms with E-state index in [-0.39, 0.29) is 5.82 Å². The summed E-state index contributed by atoms with van der Waals surface area (Å²) in [6.45, 7) is 1.66. The van der Waals surface area contributed by atoms with Crippen LogP contribution >= 0.6 is 0 Å². The van der Waals surface area contributed by atoms with Crippen LogP contribution in [0.15, 0.2) is 48.9 Å². The normalized spacial score (nSPS) is 12.6. The van der Waals surface area contributed by atoms with Crippen molar-refractivity contribution in [2.45, 2.75) is 13.0 Å². The van der Waals surface area contributed by atoms with Gasteiger partial charge in [-0.25, -0.2) is 13.9 Å². The molecule has 3 heterocycles. The van der Waals surface area contributed by atoms with Crippen LogP contribution in [0.5, 0.6) is 0 Å². The third-order valence-electron chi connectivity index (χ3n) is 4.04. The van der Waals surface area contributed by atoms with Crippen LogP contribution in [0.1, 0.15) is 18.7 Å². The van der Waals surface area contributed by atoms with Gasteiger partial charge in [-0.05, 0) is 37.3 Å². The standard InChI is InChI=1S/C18H16FN5O/c1-11(25)16-10-24-18(21-16)14(7-8-20-24)15-9-23(2)22-17(15)12-3-5-13(19)6-4-12/h3-11,25H,1-2H3. The van der Waals surface area contributed by atoms with E-state index in [0.29, 0.717) is 11.3 Å². The number of nitrogens with zero attached hydrogens (tertiary/aromatic N) is 5. The van der Waals surface area contributed by atoms with Crippen LogP contribution in [0, 0.1) is 5.82 Å². The van der Waals surface area contributed by atoms with Gasteiger partial charge in [-0.3, -0.25) is 4.68 Å². The van der Waals surface area contributed by atoms with Crippen molar-refractivity contribution in [3.8, 4) is 22.4 Å². The fraction of sp³-hybridized carbons (Fsp3) is 0.167. The van der Waals surface area contributed by atoms with Gasteiger partial charge in [0.15, 0.2) is 5.65 Å². The molecule has 0 radical (unpaired) electrons. The van der Waals surface area contributed by atoms with Crippen LogP contribution in [-0.2, 0) is 7.05 Å². The van der Waals surface area contributed by atoms with E-state index in [0.717, 1.165) is 22.4 Å². The van der Waals surface area contributed by atoms with Crippen LogP contribution < -0.4 is 0 Å². The Morgan fingerprint density at radius 1 is 1.08 bits per heavy atom. The second-order valence-electron chi connectivity index (χ2n) is 5.93. The molecule has 0 bridgehead atoms. The van der Waals surface area contributed by atoms with E-state index in [2.05, 4.69) is 15.2 Å². The van der Waals surface area contributed by atoms with Gasteiger partial charge < -0.3 is 5.11 Å². The Kier molecular flexibility index (Phi) is 3.58. The lowest BCUT2D eigenvalue weighted by Gasteiger charge is -2.04. The fourth-order valence-electron chi connectivity index (χ4n) is 2.83. The molecule has 0 saturated carbocycles. The Morgan fingerprint density at radius 2 is 1.84 bits per heavy atom. The molecule has 0 fully saturated rings. The van der Waals surface area contributed by atoms with E-state index in [1.807, 2.05) is 19.3 Å². The summed E-state index contributed by atoms with van der Waals surface area (Å²) in [6.07, 6.45) is 4.60. The molecule has 4 aromatic rings. The summed E-state index contributed by atoms with van der Waals surface area (Å²) in [5, 5.41) is 18.6. The summed E-state index contributed by atoms with van der Waals surface area (Å²) in [6, 6.07) is 8.09. The largest absolute Gasteiger partial charge is 0.387 e. The molecule has 0 spiro atoms. The maximum absolute atomic E-state index is 13.2. The van der Waals surface area contributed by atoms with Crippen LogP contribution in [-0.4, -0.2) is 29.5 Å². The molecule has 1 N–H and O–H groups in total. The molecule has 7 heteroatoms. The molecule has 0 aliphatic heterocycles. The Morgan fingerprint density at radius 3 is 2.56 bits per heavy atom. The van der Waals surface area contributed by atoms with Crippen molar-refractivity contribution in [1.29, 1.82) is 0 Å². The Balaban J connectivity index is 1.93. The highest BCUT2D eigenvalue weighted by atomic mass is 19.1. The number of aliphatic hydroxyl groups excluding tert-OH is 1. The molecule has 4 rings (SSSR count). The molecule has 0 aliphatic carbocycles. The number of imidazole rings is 1. The van der Waals surface area contributed by atoms with Crippen molar-refractivity contribution >= 4 is 5.65 Å². The average Bonchev–Trinajstić information content (AvgIpc) is 3.19. The van der Waals surface area contributed by atoms with E-state index in [1.165, 1.54) is 12.1 Å². The zero-order valence-electron chi connectivity index (χ0n) is 13.8. The first-order chi connectivity index (χ1) is 12.0. The number of aliphatic hydroxyl groups is 1. The van der Waals surface area contributed by atoms with Gasteiger partial charge in [0.2, 0.25) is 0 Å². The van der Waals surface area contributed by atoms with Crippen LogP contribution in [0.25, 0.3) is 28.0 Å². The monoisotopic (exact) mass is 337 g/mol. The maximum Gasteiger partial charge on any atom is 0.161 e. The van der Waals surface area contributed by atoms with Crippen molar-refractivity contribution in [3.63, 3.8) is 0 Å². The highest BCUT2D eigenvalue weighted by Gasteiger charge is 2.17. The van der Waals surface area contributed by atoms with Gasteiger partial charge in [-0.1, -0.05) is 0 Å². The van der Waals surface area contributed by atoms with E-state index in [4.69, 9.17) is 0 Å². The molecule has 0 aliphatic rings. The fourth-order valence-corrected chi connectivity index (χ4v) is 2.83. The number of hydrogen-bond donors (Lipinski definition) is 1. The third kappa shape index (κ3) is 2.68. The summed E-state index contributed by atoms with van der Waals surface area (Å²) in [4.78, 5) is 4.50. The molecule has 1 atom stereocenters. The molecule has 3 aromatic heterocycles. The van der Waals surface area contributed by atoms with Gasteiger partial charge in [-0.2, -0.15) is 10.2 Å². The predicted octanol–water partition coefficient (Wildman–Crippen LogP) is 2.99. The van der Waals surface area contributed by atoms with Crippen molar-refractivity contribution in [1.82, 2.24) is 24.4 Å². The molecule has 126 valence electrons. The lowest BCUT2D eigenvalue weighted by molar-refractivity contribution is 0.195. The van der Waals surface area contributed by atoms with Gasteiger partial charge in [-0.15, -0.1) is 0 Å². The summed E-state index contributed by atoms with van der Waals surface area (Å²) >= 11 is 0. The van der Waals surface area contributed by atoms with Crippen molar-refractivity contribution in [3.05, 3.63) is 60.4 Å². The van der Waals surface area contributed by atoms with Crippen LogP contribution in [0.3, 0.4) is 0 Å². The number of benzene rings is 1. The highest BCUT2D eigenvalue weighted by molar-refractivity contribution is 5.87. The van der Waals surface area contributed by atoms with Crippen LogP contribution in [0.4, 0.5) is 4.39 Å². The van der Waals surface area contributed by atoms with Gasteiger partial charge in [0.25, 0.3) is 0 Å². The molecule has 1 unspecified atom stereocenters. The first-order valence-electron chi connectivity index (χ1n) is 7.85.